The van der Waals surface area contributed by atoms with Crippen LogP contribution < -0.4 is 0 Å². The van der Waals surface area contributed by atoms with E-state index in [2.05, 4.69) is 16.4 Å². The van der Waals surface area contributed by atoms with Crippen LogP contribution in [0.3, 0.4) is 0 Å². The number of hydrogen-bond acceptors (Lipinski definition) is 6. The van der Waals surface area contributed by atoms with Crippen molar-refractivity contribution in [3.8, 4) is 9.88 Å². The molecule has 1 spiro atoms. The van der Waals surface area contributed by atoms with Crippen molar-refractivity contribution in [3.05, 3.63) is 50.5 Å². The van der Waals surface area contributed by atoms with Crippen LogP contribution >= 0.6 is 34.0 Å². The Kier molecular flexibility index (Phi) is 4.20. The number of amides is 1. The zero-order valence-electron chi connectivity index (χ0n) is 14.1. The maximum absolute atomic E-state index is 12.9. The van der Waals surface area contributed by atoms with Gasteiger partial charge in [-0.3, -0.25) is 4.79 Å². The Labute approximate surface area is 164 Å². The Hall–Kier alpha value is -1.54. The SMILES string of the molecule is O=C(c1csc(-c2cccs2)n1)N1CCC2(CC1)OCCc1sccc12. The highest BCUT2D eigenvalue weighted by Gasteiger charge is 2.42. The minimum Gasteiger partial charge on any atom is -0.370 e. The maximum Gasteiger partial charge on any atom is 0.273 e. The van der Waals surface area contributed by atoms with Crippen LogP contribution in [0, 0.1) is 0 Å². The molecule has 0 saturated carbocycles. The average Bonchev–Trinajstić information content (AvgIpc) is 3.41. The average molecular weight is 403 g/mol. The van der Waals surface area contributed by atoms with Gasteiger partial charge >= 0.3 is 0 Å². The summed E-state index contributed by atoms with van der Waals surface area (Å²) in [6.07, 6.45) is 2.75. The van der Waals surface area contributed by atoms with E-state index in [1.54, 1.807) is 22.7 Å². The molecule has 0 aliphatic carbocycles. The van der Waals surface area contributed by atoms with Gasteiger partial charge in [-0.15, -0.1) is 34.0 Å². The molecule has 5 rings (SSSR count). The van der Waals surface area contributed by atoms with Crippen LogP contribution in [0.1, 0.15) is 33.8 Å². The van der Waals surface area contributed by atoms with Crippen LogP contribution in [0.5, 0.6) is 0 Å². The lowest BCUT2D eigenvalue weighted by atomic mass is 9.82. The predicted molar refractivity (Wildman–Crippen MR) is 106 cm³/mol. The summed E-state index contributed by atoms with van der Waals surface area (Å²) in [5.41, 5.74) is 1.74. The van der Waals surface area contributed by atoms with E-state index in [1.165, 1.54) is 10.4 Å². The van der Waals surface area contributed by atoms with E-state index in [9.17, 15) is 4.79 Å². The second-order valence-corrected chi connectivity index (χ2v) is 9.46. The molecule has 0 unspecified atom stereocenters. The minimum atomic E-state index is -0.186. The molecular formula is C19H18N2O2S3. The number of fused-ring (bicyclic) bond motifs is 2. The van der Waals surface area contributed by atoms with Gasteiger partial charge in [-0.1, -0.05) is 6.07 Å². The van der Waals surface area contributed by atoms with Crippen molar-refractivity contribution < 1.29 is 9.53 Å². The standard InChI is InChI=1S/C19H18N2O2S3/c22-18(14-12-26-17(20-14)16-2-1-10-24-16)21-7-5-19(6-8-21)13-4-11-25-15(13)3-9-23-19/h1-2,4,10-12H,3,5-9H2. The zero-order valence-corrected chi connectivity index (χ0v) is 16.6. The molecule has 4 nitrogen and oxygen atoms in total. The van der Waals surface area contributed by atoms with Gasteiger partial charge < -0.3 is 9.64 Å². The van der Waals surface area contributed by atoms with E-state index in [1.807, 2.05) is 39.1 Å². The minimum absolute atomic E-state index is 0.0419. The summed E-state index contributed by atoms with van der Waals surface area (Å²) < 4.78 is 6.23. The summed E-state index contributed by atoms with van der Waals surface area (Å²) in [6.45, 7) is 2.23. The molecule has 3 aromatic heterocycles. The van der Waals surface area contributed by atoms with Crippen molar-refractivity contribution in [2.75, 3.05) is 19.7 Å². The Bertz CT molecular complexity index is 920. The van der Waals surface area contributed by atoms with Crippen LogP contribution in [-0.4, -0.2) is 35.5 Å². The number of carbonyl (C=O) groups excluding carboxylic acids is 1. The fourth-order valence-corrected chi connectivity index (χ4v) is 6.45. The van der Waals surface area contributed by atoms with Gasteiger partial charge in [0.2, 0.25) is 0 Å². The summed E-state index contributed by atoms with van der Waals surface area (Å²) in [5.74, 6) is 0.0419. The first kappa shape index (κ1) is 16.6. The van der Waals surface area contributed by atoms with Crippen LogP contribution in [0.2, 0.25) is 0 Å². The molecule has 0 aromatic carbocycles. The topological polar surface area (TPSA) is 42.4 Å². The second-order valence-electron chi connectivity index (χ2n) is 6.66. The van der Waals surface area contributed by atoms with E-state index in [0.29, 0.717) is 5.69 Å². The molecule has 26 heavy (non-hydrogen) atoms. The lowest BCUT2D eigenvalue weighted by Gasteiger charge is -2.43. The number of nitrogens with zero attached hydrogens (tertiary/aromatic N) is 2. The molecule has 134 valence electrons. The van der Waals surface area contributed by atoms with Gasteiger partial charge in [-0.25, -0.2) is 4.98 Å². The first-order valence-corrected chi connectivity index (χ1v) is 11.4. The van der Waals surface area contributed by atoms with Crippen molar-refractivity contribution in [1.29, 1.82) is 0 Å². The molecule has 1 saturated heterocycles. The van der Waals surface area contributed by atoms with Gasteiger partial charge in [0.1, 0.15) is 10.7 Å². The molecule has 7 heteroatoms. The predicted octanol–water partition coefficient (Wildman–Crippen LogP) is 4.64. The van der Waals surface area contributed by atoms with Crippen LogP contribution in [0.4, 0.5) is 0 Å². The molecule has 1 fully saturated rings. The van der Waals surface area contributed by atoms with E-state index in [4.69, 9.17) is 4.74 Å². The van der Waals surface area contributed by atoms with Gasteiger partial charge in [0.25, 0.3) is 5.91 Å². The highest BCUT2D eigenvalue weighted by molar-refractivity contribution is 7.20. The monoisotopic (exact) mass is 402 g/mol. The third-order valence-electron chi connectivity index (χ3n) is 5.26. The van der Waals surface area contributed by atoms with E-state index in [0.717, 1.165) is 48.8 Å². The number of aromatic nitrogens is 1. The van der Waals surface area contributed by atoms with Gasteiger partial charge in [0.15, 0.2) is 0 Å². The molecule has 0 atom stereocenters. The zero-order chi connectivity index (χ0) is 17.6. The summed E-state index contributed by atoms with van der Waals surface area (Å²) >= 11 is 5.02. The van der Waals surface area contributed by atoms with E-state index in [-0.39, 0.29) is 11.5 Å². The van der Waals surface area contributed by atoms with Gasteiger partial charge in [-0.05, 0) is 41.3 Å². The van der Waals surface area contributed by atoms with E-state index < -0.39 is 0 Å². The van der Waals surface area contributed by atoms with Crippen LogP contribution in [-0.2, 0) is 16.8 Å². The van der Waals surface area contributed by atoms with Crippen molar-refractivity contribution >= 4 is 39.9 Å². The molecule has 1 amide bonds. The first-order valence-electron chi connectivity index (χ1n) is 8.75. The summed E-state index contributed by atoms with van der Waals surface area (Å²) in [5, 5.41) is 7.01. The Balaban J connectivity index is 1.31. The van der Waals surface area contributed by atoms with E-state index >= 15 is 0 Å². The van der Waals surface area contributed by atoms with Crippen LogP contribution in [0.25, 0.3) is 9.88 Å². The lowest BCUT2D eigenvalue weighted by Crippen LogP contribution is -2.48. The Morgan fingerprint density at radius 2 is 2.04 bits per heavy atom. The number of ether oxygens (including phenoxy) is 1. The highest BCUT2D eigenvalue weighted by atomic mass is 32.1. The van der Waals surface area contributed by atoms with Crippen molar-refractivity contribution in [3.63, 3.8) is 0 Å². The number of thiophene rings is 2. The smallest absolute Gasteiger partial charge is 0.273 e. The summed E-state index contributed by atoms with van der Waals surface area (Å²) in [4.78, 5) is 22.0. The van der Waals surface area contributed by atoms with Crippen molar-refractivity contribution in [1.82, 2.24) is 9.88 Å². The first-order chi connectivity index (χ1) is 12.8. The molecule has 0 radical (unpaired) electrons. The molecule has 2 aliphatic heterocycles. The molecule has 0 N–H and O–H groups in total. The Morgan fingerprint density at radius 3 is 2.85 bits per heavy atom. The fraction of sp³-hybridized carbons (Fsp3) is 0.368. The van der Waals surface area contributed by atoms with Gasteiger partial charge in [0.05, 0.1) is 17.1 Å². The highest BCUT2D eigenvalue weighted by Crippen LogP contribution is 2.43. The number of likely N-dealkylation sites (tertiary alicyclic amines) is 1. The number of piperidine rings is 1. The second kappa shape index (κ2) is 6.56. The maximum atomic E-state index is 12.9. The fourth-order valence-electron chi connectivity index (χ4n) is 3.89. The number of rotatable bonds is 2. The largest absolute Gasteiger partial charge is 0.370 e. The molecule has 2 aliphatic rings. The number of carbonyl (C=O) groups is 1. The normalized spacial score (nSPS) is 18.8. The summed E-state index contributed by atoms with van der Waals surface area (Å²) in [6, 6.07) is 6.27. The molecule has 5 heterocycles. The number of hydrogen-bond donors (Lipinski definition) is 0. The molecule has 0 bridgehead atoms. The molecular weight excluding hydrogens is 384 g/mol. The van der Waals surface area contributed by atoms with Crippen LogP contribution in [0.15, 0.2) is 34.3 Å². The quantitative estimate of drug-likeness (QED) is 0.627. The lowest BCUT2D eigenvalue weighted by molar-refractivity contribution is -0.0926. The van der Waals surface area contributed by atoms with Gasteiger partial charge in [0, 0.05) is 29.8 Å². The molecule has 3 aromatic rings. The van der Waals surface area contributed by atoms with Crippen molar-refractivity contribution in [2.45, 2.75) is 24.9 Å². The van der Waals surface area contributed by atoms with Crippen molar-refractivity contribution in [2.24, 2.45) is 0 Å². The summed E-state index contributed by atoms with van der Waals surface area (Å²) in [7, 11) is 0. The number of thiazole rings is 1. The Morgan fingerprint density at radius 1 is 1.15 bits per heavy atom. The van der Waals surface area contributed by atoms with Gasteiger partial charge in [-0.2, -0.15) is 0 Å². The third-order valence-corrected chi connectivity index (χ3v) is 8.12. The third kappa shape index (κ3) is 2.74.